The lowest BCUT2D eigenvalue weighted by atomic mass is 10.0. The lowest BCUT2D eigenvalue weighted by Crippen LogP contribution is -2.56. The highest BCUT2D eigenvalue weighted by Crippen LogP contribution is 2.24. The number of piperidine rings is 1. The van der Waals surface area contributed by atoms with Gasteiger partial charge in [-0.2, -0.15) is 4.31 Å². The summed E-state index contributed by atoms with van der Waals surface area (Å²) < 4.78 is 32.0. The Kier molecular flexibility index (Phi) is 4.87. The van der Waals surface area contributed by atoms with Gasteiger partial charge in [-0.3, -0.25) is 0 Å². The number of ether oxygens (including phenoxy) is 1. The van der Waals surface area contributed by atoms with Crippen LogP contribution >= 0.6 is 0 Å². The summed E-state index contributed by atoms with van der Waals surface area (Å²) in [5, 5.41) is 3.41. The Hall–Kier alpha value is -0.170. The fraction of sp³-hybridized carbons (Fsp3) is 1.00. The van der Waals surface area contributed by atoms with Crippen molar-refractivity contribution in [2.24, 2.45) is 0 Å². The molecule has 0 aromatic rings. The molecule has 2 fully saturated rings. The molecule has 0 aromatic heterocycles. The Balaban J connectivity index is 1.93. The second-order valence-electron chi connectivity index (χ2n) is 6.19. The van der Waals surface area contributed by atoms with Crippen LogP contribution in [0.15, 0.2) is 0 Å². The molecule has 1 unspecified atom stereocenters. The number of sulfonamides is 1. The maximum absolute atomic E-state index is 12.5. The molecule has 0 amide bonds. The minimum absolute atomic E-state index is 0.244. The molecule has 2 aliphatic rings. The van der Waals surface area contributed by atoms with Crippen molar-refractivity contribution in [3.63, 3.8) is 0 Å². The maximum atomic E-state index is 12.5. The molecule has 2 rings (SSSR count). The fourth-order valence-corrected chi connectivity index (χ4v) is 4.89. The first-order chi connectivity index (χ1) is 8.92. The van der Waals surface area contributed by atoms with Crippen molar-refractivity contribution in [3.05, 3.63) is 0 Å². The van der Waals surface area contributed by atoms with Crippen LogP contribution in [0.5, 0.6) is 0 Å². The molecule has 2 saturated heterocycles. The van der Waals surface area contributed by atoms with Gasteiger partial charge in [0.25, 0.3) is 0 Å². The van der Waals surface area contributed by atoms with Crippen molar-refractivity contribution in [1.29, 1.82) is 0 Å². The third-order valence-electron chi connectivity index (χ3n) is 4.04. The second kappa shape index (κ2) is 6.08. The summed E-state index contributed by atoms with van der Waals surface area (Å²) in [5.74, 6) is 0.244. The molecule has 0 aliphatic carbocycles. The maximum Gasteiger partial charge on any atom is 0.214 e. The van der Waals surface area contributed by atoms with Crippen LogP contribution in [0.25, 0.3) is 0 Å². The molecular formula is C13H26N2O3S. The number of morpholine rings is 1. The standard InChI is InChI=1S/C13H26N2O3S/c1-13(2)11-18-9-8-15(13)19(16,17)10-6-12-5-3-4-7-14-12/h12,14H,3-11H2,1-2H3. The Morgan fingerprint density at radius 1 is 1.37 bits per heavy atom. The molecule has 2 aliphatic heterocycles. The van der Waals surface area contributed by atoms with Crippen LogP contribution in [-0.2, 0) is 14.8 Å². The minimum Gasteiger partial charge on any atom is -0.378 e. The molecule has 0 bridgehead atoms. The largest absolute Gasteiger partial charge is 0.378 e. The van der Waals surface area contributed by atoms with Gasteiger partial charge >= 0.3 is 0 Å². The highest BCUT2D eigenvalue weighted by atomic mass is 32.2. The van der Waals surface area contributed by atoms with Crippen molar-refractivity contribution in [2.75, 3.05) is 32.1 Å². The normalized spacial score (nSPS) is 29.3. The zero-order valence-electron chi connectivity index (χ0n) is 12.0. The summed E-state index contributed by atoms with van der Waals surface area (Å²) >= 11 is 0. The highest BCUT2D eigenvalue weighted by molar-refractivity contribution is 7.89. The molecule has 0 aromatic carbocycles. The predicted molar refractivity (Wildman–Crippen MR) is 75.6 cm³/mol. The number of rotatable bonds is 4. The predicted octanol–water partition coefficient (Wildman–Crippen LogP) is 0.959. The first-order valence-electron chi connectivity index (χ1n) is 7.23. The van der Waals surface area contributed by atoms with Crippen molar-refractivity contribution in [3.8, 4) is 0 Å². The van der Waals surface area contributed by atoms with Crippen LogP contribution < -0.4 is 5.32 Å². The van der Waals surface area contributed by atoms with Crippen LogP contribution in [0.4, 0.5) is 0 Å². The molecule has 5 nitrogen and oxygen atoms in total. The zero-order valence-corrected chi connectivity index (χ0v) is 12.8. The van der Waals surface area contributed by atoms with E-state index in [9.17, 15) is 8.42 Å². The van der Waals surface area contributed by atoms with Crippen molar-refractivity contribution < 1.29 is 13.2 Å². The van der Waals surface area contributed by atoms with Crippen molar-refractivity contribution in [2.45, 2.75) is 51.1 Å². The van der Waals surface area contributed by atoms with Gasteiger partial charge in [0.05, 0.1) is 24.5 Å². The molecule has 0 spiro atoms. The monoisotopic (exact) mass is 290 g/mol. The summed E-state index contributed by atoms with van der Waals surface area (Å²) in [6, 6.07) is 0.368. The van der Waals surface area contributed by atoms with E-state index in [4.69, 9.17) is 4.74 Å². The van der Waals surface area contributed by atoms with E-state index in [1.807, 2.05) is 13.8 Å². The smallest absolute Gasteiger partial charge is 0.214 e. The van der Waals surface area contributed by atoms with Gasteiger partial charge in [-0.15, -0.1) is 0 Å². The Morgan fingerprint density at radius 2 is 2.16 bits per heavy atom. The Morgan fingerprint density at radius 3 is 2.79 bits per heavy atom. The average molecular weight is 290 g/mol. The van der Waals surface area contributed by atoms with Gasteiger partial charge in [0, 0.05) is 12.6 Å². The van der Waals surface area contributed by atoms with Crippen LogP contribution in [-0.4, -0.2) is 56.4 Å². The fourth-order valence-electron chi connectivity index (χ4n) is 2.93. The van der Waals surface area contributed by atoms with Crippen LogP contribution in [0.1, 0.15) is 39.5 Å². The lowest BCUT2D eigenvalue weighted by Gasteiger charge is -2.41. The molecule has 1 N–H and O–H groups in total. The Labute approximate surface area is 116 Å². The summed E-state index contributed by atoms with van der Waals surface area (Å²) in [4.78, 5) is 0. The molecular weight excluding hydrogens is 264 g/mol. The number of hydrogen-bond donors (Lipinski definition) is 1. The molecule has 112 valence electrons. The molecule has 19 heavy (non-hydrogen) atoms. The van der Waals surface area contributed by atoms with E-state index in [0.29, 0.717) is 25.8 Å². The highest BCUT2D eigenvalue weighted by Gasteiger charge is 2.38. The van der Waals surface area contributed by atoms with Gasteiger partial charge in [-0.1, -0.05) is 6.42 Å². The van der Waals surface area contributed by atoms with E-state index in [-0.39, 0.29) is 5.75 Å². The average Bonchev–Trinajstić information content (AvgIpc) is 2.37. The topological polar surface area (TPSA) is 58.6 Å². The van der Waals surface area contributed by atoms with Gasteiger partial charge in [0.1, 0.15) is 0 Å². The molecule has 0 saturated carbocycles. The summed E-state index contributed by atoms with van der Waals surface area (Å²) in [6.45, 7) is 6.35. The minimum atomic E-state index is -3.18. The number of nitrogens with zero attached hydrogens (tertiary/aromatic N) is 1. The van der Waals surface area contributed by atoms with Gasteiger partial charge in [0.15, 0.2) is 0 Å². The first kappa shape index (κ1) is 15.2. The van der Waals surface area contributed by atoms with E-state index in [2.05, 4.69) is 5.32 Å². The molecule has 1 atom stereocenters. The third-order valence-corrected chi connectivity index (χ3v) is 6.14. The van der Waals surface area contributed by atoms with E-state index in [0.717, 1.165) is 19.4 Å². The van der Waals surface area contributed by atoms with E-state index in [1.54, 1.807) is 4.31 Å². The summed E-state index contributed by atoms with van der Waals surface area (Å²) in [6.07, 6.45) is 4.23. The molecule has 2 heterocycles. The quantitative estimate of drug-likeness (QED) is 0.838. The van der Waals surface area contributed by atoms with Crippen LogP contribution in [0.3, 0.4) is 0 Å². The van der Waals surface area contributed by atoms with Crippen molar-refractivity contribution >= 4 is 10.0 Å². The van der Waals surface area contributed by atoms with Gasteiger partial charge in [-0.25, -0.2) is 8.42 Å². The second-order valence-corrected chi connectivity index (χ2v) is 8.20. The summed E-state index contributed by atoms with van der Waals surface area (Å²) in [7, 11) is -3.18. The van der Waals surface area contributed by atoms with E-state index < -0.39 is 15.6 Å². The summed E-state index contributed by atoms with van der Waals surface area (Å²) in [5.41, 5.74) is -0.420. The van der Waals surface area contributed by atoms with E-state index >= 15 is 0 Å². The van der Waals surface area contributed by atoms with E-state index in [1.165, 1.54) is 12.8 Å². The molecule has 0 radical (unpaired) electrons. The third kappa shape index (κ3) is 3.90. The lowest BCUT2D eigenvalue weighted by molar-refractivity contribution is -0.00772. The zero-order chi connectivity index (χ0) is 13.9. The first-order valence-corrected chi connectivity index (χ1v) is 8.84. The van der Waals surface area contributed by atoms with Gasteiger partial charge in [-0.05, 0) is 39.7 Å². The van der Waals surface area contributed by atoms with Crippen molar-refractivity contribution in [1.82, 2.24) is 9.62 Å². The van der Waals surface area contributed by atoms with Crippen LogP contribution in [0, 0.1) is 0 Å². The SMILES string of the molecule is CC1(C)COCCN1S(=O)(=O)CCC1CCCCN1. The number of hydrogen-bond acceptors (Lipinski definition) is 4. The molecule has 6 heteroatoms. The van der Waals surface area contributed by atoms with Gasteiger partial charge in [0.2, 0.25) is 10.0 Å². The number of nitrogens with one attached hydrogen (secondary N) is 1. The van der Waals surface area contributed by atoms with Gasteiger partial charge < -0.3 is 10.1 Å². The van der Waals surface area contributed by atoms with Crippen LogP contribution in [0.2, 0.25) is 0 Å². The Bertz CT molecular complexity index is 389.